The normalized spacial score (nSPS) is 12.0. The Morgan fingerprint density at radius 3 is 2.38 bits per heavy atom. The van der Waals surface area contributed by atoms with E-state index >= 15 is 0 Å². The number of nitrogens with zero attached hydrogens (tertiary/aromatic N) is 1. The summed E-state index contributed by atoms with van der Waals surface area (Å²) in [4.78, 5) is 23.0. The highest BCUT2D eigenvalue weighted by Gasteiger charge is 2.16. The van der Waals surface area contributed by atoms with Gasteiger partial charge in [-0.15, -0.1) is 0 Å². The van der Waals surface area contributed by atoms with Crippen LogP contribution in [0.15, 0.2) is 0 Å². The van der Waals surface area contributed by atoms with E-state index in [-0.39, 0.29) is 19.1 Å². The summed E-state index contributed by atoms with van der Waals surface area (Å²) in [6.07, 6.45) is 0. The van der Waals surface area contributed by atoms with Crippen LogP contribution in [-0.2, 0) is 14.3 Å². The Hall–Kier alpha value is -1.14. The largest absolute Gasteiger partial charge is 0.463 e. The maximum absolute atomic E-state index is 11.1. The van der Waals surface area contributed by atoms with Crippen LogP contribution in [0.2, 0.25) is 0 Å². The minimum atomic E-state index is -0.814. The number of amides is 1. The fourth-order valence-corrected chi connectivity index (χ4v) is 0.645. The highest BCUT2D eigenvalue weighted by molar-refractivity contribution is 5.81. The van der Waals surface area contributed by atoms with E-state index in [0.29, 0.717) is 0 Å². The van der Waals surface area contributed by atoms with E-state index in [1.165, 1.54) is 4.90 Å². The van der Waals surface area contributed by atoms with E-state index in [9.17, 15) is 9.59 Å². The van der Waals surface area contributed by atoms with Crippen molar-refractivity contribution in [2.75, 3.05) is 27.2 Å². The van der Waals surface area contributed by atoms with Gasteiger partial charge in [0.1, 0.15) is 12.6 Å². The molecule has 0 aromatic carbocycles. The first-order valence-corrected chi connectivity index (χ1v) is 3.81. The van der Waals surface area contributed by atoms with Gasteiger partial charge in [0, 0.05) is 14.1 Å². The van der Waals surface area contributed by atoms with E-state index in [1.807, 2.05) is 0 Å². The van der Waals surface area contributed by atoms with Crippen molar-refractivity contribution in [3.8, 4) is 0 Å². The Kier molecular flexibility index (Phi) is 5.01. The number of rotatable bonds is 4. The Balaban J connectivity index is 3.81. The van der Waals surface area contributed by atoms with Gasteiger partial charge >= 0.3 is 5.97 Å². The number of hydrogen-bond donors (Lipinski definition) is 2. The van der Waals surface area contributed by atoms with Crippen molar-refractivity contribution in [2.45, 2.75) is 6.04 Å². The molecule has 4 N–H and O–H groups in total. The second-order valence-electron chi connectivity index (χ2n) is 2.73. The SMILES string of the molecule is CN(C)C(=O)[C@@H](N)COC(=O)CN. The summed E-state index contributed by atoms with van der Waals surface area (Å²) in [6.45, 7) is -0.337. The number of hydrogen-bond acceptors (Lipinski definition) is 5. The van der Waals surface area contributed by atoms with Crippen LogP contribution >= 0.6 is 0 Å². The average Bonchev–Trinajstić information content (AvgIpc) is 2.11. The molecular formula is C7H15N3O3. The van der Waals surface area contributed by atoms with Crippen molar-refractivity contribution in [1.29, 1.82) is 0 Å². The van der Waals surface area contributed by atoms with Crippen molar-refractivity contribution < 1.29 is 14.3 Å². The van der Waals surface area contributed by atoms with Gasteiger partial charge in [0.25, 0.3) is 0 Å². The number of esters is 1. The van der Waals surface area contributed by atoms with Gasteiger partial charge in [-0.2, -0.15) is 0 Å². The molecule has 6 nitrogen and oxygen atoms in total. The highest BCUT2D eigenvalue weighted by atomic mass is 16.5. The molecule has 0 heterocycles. The molecule has 1 amide bonds. The Bertz CT molecular complexity index is 193. The van der Waals surface area contributed by atoms with Gasteiger partial charge in [-0.05, 0) is 0 Å². The molecule has 0 saturated heterocycles. The quantitative estimate of drug-likeness (QED) is 0.494. The molecule has 0 aromatic heterocycles. The zero-order valence-corrected chi connectivity index (χ0v) is 7.82. The lowest BCUT2D eigenvalue weighted by Gasteiger charge is -2.16. The predicted octanol–water partition coefficient (Wildman–Crippen LogP) is -2.10. The molecule has 0 aliphatic carbocycles. The molecule has 0 unspecified atom stereocenters. The Labute approximate surface area is 76.8 Å². The lowest BCUT2D eigenvalue weighted by Crippen LogP contribution is -2.43. The van der Waals surface area contributed by atoms with Crippen LogP contribution in [0, 0.1) is 0 Å². The molecule has 0 rings (SSSR count). The standard InChI is InChI=1S/C7H15N3O3/c1-10(2)7(12)5(9)4-13-6(11)3-8/h5H,3-4,8-9H2,1-2H3/t5-/m0/s1. The minimum absolute atomic E-state index is 0.132. The summed E-state index contributed by atoms with van der Waals surface area (Å²) in [5, 5.41) is 0. The molecule has 0 radical (unpaired) electrons. The van der Waals surface area contributed by atoms with Gasteiger partial charge in [0.15, 0.2) is 0 Å². The van der Waals surface area contributed by atoms with Crippen molar-refractivity contribution in [2.24, 2.45) is 11.5 Å². The summed E-state index contributed by atoms with van der Waals surface area (Å²) in [6, 6.07) is -0.814. The molecule has 13 heavy (non-hydrogen) atoms. The van der Waals surface area contributed by atoms with Gasteiger partial charge in [0.2, 0.25) is 5.91 Å². The van der Waals surface area contributed by atoms with Crippen molar-refractivity contribution >= 4 is 11.9 Å². The maximum atomic E-state index is 11.1. The average molecular weight is 189 g/mol. The second kappa shape index (κ2) is 5.50. The number of likely N-dealkylation sites (N-methyl/N-ethyl adjacent to an activating group) is 1. The van der Waals surface area contributed by atoms with Gasteiger partial charge in [0.05, 0.1) is 6.54 Å². The molecule has 1 atom stereocenters. The highest BCUT2D eigenvalue weighted by Crippen LogP contribution is 1.88. The molecule has 0 bridgehead atoms. The second-order valence-corrected chi connectivity index (χ2v) is 2.73. The molecule has 0 spiro atoms. The summed E-state index contributed by atoms with van der Waals surface area (Å²) in [5.41, 5.74) is 10.4. The first-order valence-electron chi connectivity index (χ1n) is 3.81. The third-order valence-corrected chi connectivity index (χ3v) is 1.35. The van der Waals surface area contributed by atoms with Gasteiger partial charge < -0.3 is 21.1 Å². The van der Waals surface area contributed by atoms with Crippen LogP contribution in [0.4, 0.5) is 0 Å². The maximum Gasteiger partial charge on any atom is 0.319 e. The van der Waals surface area contributed by atoms with Crippen molar-refractivity contribution in [3.05, 3.63) is 0 Å². The van der Waals surface area contributed by atoms with Gasteiger partial charge in [-0.25, -0.2) is 0 Å². The van der Waals surface area contributed by atoms with Crippen LogP contribution in [-0.4, -0.2) is 50.1 Å². The summed E-state index contributed by atoms with van der Waals surface area (Å²) in [5.74, 6) is -0.855. The summed E-state index contributed by atoms with van der Waals surface area (Å²) in [7, 11) is 3.15. The van der Waals surface area contributed by atoms with Gasteiger partial charge in [-0.3, -0.25) is 9.59 Å². The number of ether oxygens (including phenoxy) is 1. The molecule has 6 heteroatoms. The fourth-order valence-electron chi connectivity index (χ4n) is 0.645. The number of carbonyl (C=O) groups is 2. The molecule has 0 aliphatic heterocycles. The Morgan fingerprint density at radius 1 is 1.46 bits per heavy atom. The smallest absolute Gasteiger partial charge is 0.319 e. The molecular weight excluding hydrogens is 174 g/mol. The third-order valence-electron chi connectivity index (χ3n) is 1.35. The van der Waals surface area contributed by atoms with E-state index in [0.717, 1.165) is 0 Å². The molecule has 0 aromatic rings. The summed E-state index contributed by atoms with van der Waals surface area (Å²) < 4.78 is 4.59. The van der Waals surface area contributed by atoms with Crippen LogP contribution in [0.3, 0.4) is 0 Å². The number of nitrogens with two attached hydrogens (primary N) is 2. The van der Waals surface area contributed by atoms with Crippen LogP contribution in [0.25, 0.3) is 0 Å². The predicted molar refractivity (Wildman–Crippen MR) is 46.7 cm³/mol. The summed E-state index contributed by atoms with van der Waals surface area (Å²) >= 11 is 0. The van der Waals surface area contributed by atoms with E-state index < -0.39 is 12.0 Å². The molecule has 0 fully saturated rings. The minimum Gasteiger partial charge on any atom is -0.463 e. The fraction of sp³-hybridized carbons (Fsp3) is 0.714. The van der Waals surface area contributed by atoms with Crippen LogP contribution in [0.5, 0.6) is 0 Å². The van der Waals surface area contributed by atoms with Crippen LogP contribution in [0.1, 0.15) is 0 Å². The van der Waals surface area contributed by atoms with E-state index in [1.54, 1.807) is 14.1 Å². The van der Waals surface area contributed by atoms with Crippen molar-refractivity contribution in [1.82, 2.24) is 4.90 Å². The monoisotopic (exact) mass is 189 g/mol. The first kappa shape index (κ1) is 11.9. The topological polar surface area (TPSA) is 98.6 Å². The lowest BCUT2D eigenvalue weighted by molar-refractivity contribution is -0.144. The molecule has 0 saturated carbocycles. The lowest BCUT2D eigenvalue weighted by atomic mass is 10.3. The zero-order valence-electron chi connectivity index (χ0n) is 7.82. The van der Waals surface area contributed by atoms with Gasteiger partial charge in [-0.1, -0.05) is 0 Å². The first-order chi connectivity index (χ1) is 5.99. The molecule has 0 aliphatic rings. The van der Waals surface area contributed by atoms with E-state index in [2.05, 4.69) is 4.74 Å². The van der Waals surface area contributed by atoms with Crippen molar-refractivity contribution in [3.63, 3.8) is 0 Å². The van der Waals surface area contributed by atoms with Crippen LogP contribution < -0.4 is 11.5 Å². The number of carbonyl (C=O) groups excluding carboxylic acids is 2. The zero-order chi connectivity index (χ0) is 10.4. The third kappa shape index (κ3) is 4.44. The van der Waals surface area contributed by atoms with E-state index in [4.69, 9.17) is 11.5 Å². The molecule has 76 valence electrons. The Morgan fingerprint density at radius 2 is 2.00 bits per heavy atom.